The monoisotopic (exact) mass is 296 g/mol. The summed E-state index contributed by atoms with van der Waals surface area (Å²) in [5.41, 5.74) is 0.296. The van der Waals surface area contributed by atoms with Crippen LogP contribution in [0.15, 0.2) is 18.2 Å². The maximum absolute atomic E-state index is 13.7. The highest BCUT2D eigenvalue weighted by atomic mass is 19.1. The zero-order valence-electron chi connectivity index (χ0n) is 12.5. The fourth-order valence-electron chi connectivity index (χ4n) is 2.77. The van der Waals surface area contributed by atoms with Crippen LogP contribution in [0.5, 0.6) is 5.75 Å². The number of nitrogens with zero attached hydrogens (tertiary/aromatic N) is 2. The third-order valence-corrected chi connectivity index (χ3v) is 3.99. The Labute approximate surface area is 123 Å². The number of halogens is 1. The molecular formula is C15H21FN2O3. The smallest absolute Gasteiger partial charge is 0.254 e. The van der Waals surface area contributed by atoms with E-state index in [-0.39, 0.29) is 30.2 Å². The Bertz CT molecular complexity index is 522. The molecule has 5 nitrogen and oxygen atoms in total. The van der Waals surface area contributed by atoms with Gasteiger partial charge in [-0.3, -0.25) is 4.79 Å². The molecule has 1 aliphatic heterocycles. The Morgan fingerprint density at radius 2 is 2.19 bits per heavy atom. The number of hydrogen-bond acceptors (Lipinski definition) is 4. The number of carbonyl (C=O) groups is 1. The highest BCUT2D eigenvalue weighted by molar-refractivity contribution is 5.94. The van der Waals surface area contributed by atoms with Crippen molar-refractivity contribution in [3.05, 3.63) is 29.6 Å². The standard InChI is InChI=1S/C15H21FN2O3/c1-17(2)13-8-18(7-11(13)9-19)15(20)10-4-5-14(21-3)12(16)6-10/h4-6,11,13,19H,7-9H2,1-3H3/t11-,13+/m0/s1. The lowest BCUT2D eigenvalue weighted by atomic mass is 10.0. The average Bonchev–Trinajstić information content (AvgIpc) is 2.90. The third-order valence-electron chi connectivity index (χ3n) is 3.99. The van der Waals surface area contributed by atoms with Crippen LogP contribution in [0.25, 0.3) is 0 Å². The van der Waals surface area contributed by atoms with E-state index in [4.69, 9.17) is 4.74 Å². The molecule has 1 aromatic carbocycles. The van der Waals surface area contributed by atoms with Gasteiger partial charge in [0.1, 0.15) is 0 Å². The van der Waals surface area contributed by atoms with E-state index in [1.807, 2.05) is 19.0 Å². The van der Waals surface area contributed by atoms with Crippen LogP contribution in [0.4, 0.5) is 4.39 Å². The molecule has 6 heteroatoms. The van der Waals surface area contributed by atoms with Gasteiger partial charge in [-0.2, -0.15) is 0 Å². The quantitative estimate of drug-likeness (QED) is 0.894. The van der Waals surface area contributed by atoms with Crippen molar-refractivity contribution in [3.63, 3.8) is 0 Å². The molecule has 116 valence electrons. The second kappa shape index (κ2) is 6.41. The summed E-state index contributed by atoms with van der Waals surface area (Å²) in [6.45, 7) is 1.04. The van der Waals surface area contributed by atoms with E-state index >= 15 is 0 Å². The lowest BCUT2D eigenvalue weighted by Gasteiger charge is -2.23. The molecule has 0 saturated carbocycles. The molecule has 0 bridgehead atoms. The van der Waals surface area contributed by atoms with Crippen molar-refractivity contribution in [1.29, 1.82) is 0 Å². The number of amides is 1. The summed E-state index contributed by atoms with van der Waals surface area (Å²) in [6, 6.07) is 4.31. The fourth-order valence-corrected chi connectivity index (χ4v) is 2.77. The second-order valence-corrected chi connectivity index (χ2v) is 5.53. The molecule has 21 heavy (non-hydrogen) atoms. The van der Waals surface area contributed by atoms with Crippen molar-refractivity contribution in [3.8, 4) is 5.75 Å². The van der Waals surface area contributed by atoms with Crippen LogP contribution in [0.1, 0.15) is 10.4 Å². The van der Waals surface area contributed by atoms with Gasteiger partial charge in [-0.05, 0) is 32.3 Å². The Morgan fingerprint density at radius 3 is 2.67 bits per heavy atom. The summed E-state index contributed by atoms with van der Waals surface area (Å²) in [4.78, 5) is 16.1. The van der Waals surface area contributed by atoms with Gasteiger partial charge < -0.3 is 19.6 Å². The average molecular weight is 296 g/mol. The van der Waals surface area contributed by atoms with Crippen molar-refractivity contribution >= 4 is 5.91 Å². The molecule has 0 radical (unpaired) electrons. The predicted molar refractivity (Wildman–Crippen MR) is 76.9 cm³/mol. The molecule has 0 aromatic heterocycles. The summed E-state index contributed by atoms with van der Waals surface area (Å²) in [5.74, 6) is -0.635. The minimum absolute atomic E-state index is 0.0204. The van der Waals surface area contributed by atoms with Gasteiger partial charge in [-0.1, -0.05) is 0 Å². The molecule has 0 unspecified atom stereocenters. The lowest BCUT2D eigenvalue weighted by molar-refractivity contribution is 0.0778. The van der Waals surface area contributed by atoms with Gasteiger partial charge in [-0.25, -0.2) is 4.39 Å². The molecule has 0 spiro atoms. The van der Waals surface area contributed by atoms with E-state index in [1.54, 1.807) is 11.0 Å². The number of aliphatic hydroxyl groups excluding tert-OH is 1. The summed E-state index contributed by atoms with van der Waals surface area (Å²) in [7, 11) is 5.23. The first-order valence-corrected chi connectivity index (χ1v) is 6.88. The van der Waals surface area contributed by atoms with Gasteiger partial charge >= 0.3 is 0 Å². The van der Waals surface area contributed by atoms with Crippen LogP contribution >= 0.6 is 0 Å². The first-order valence-electron chi connectivity index (χ1n) is 6.88. The molecule has 1 saturated heterocycles. The minimum Gasteiger partial charge on any atom is -0.494 e. The van der Waals surface area contributed by atoms with E-state index in [0.717, 1.165) is 0 Å². The SMILES string of the molecule is COc1ccc(C(=O)N2C[C@@H](CO)[C@H](N(C)C)C2)cc1F. The van der Waals surface area contributed by atoms with Gasteiger partial charge in [0.2, 0.25) is 0 Å². The number of rotatable bonds is 4. The fraction of sp³-hybridized carbons (Fsp3) is 0.533. The van der Waals surface area contributed by atoms with Crippen LogP contribution in [0.2, 0.25) is 0 Å². The number of hydrogen-bond donors (Lipinski definition) is 1. The number of benzene rings is 1. The van der Waals surface area contributed by atoms with Gasteiger partial charge in [-0.15, -0.1) is 0 Å². The molecular weight excluding hydrogens is 275 g/mol. The number of aliphatic hydroxyl groups is 1. The summed E-state index contributed by atoms with van der Waals surface area (Å²) >= 11 is 0. The molecule has 0 aliphatic carbocycles. The van der Waals surface area contributed by atoms with Crippen LogP contribution in [0, 0.1) is 11.7 Å². The van der Waals surface area contributed by atoms with Crippen molar-refractivity contribution in [1.82, 2.24) is 9.80 Å². The van der Waals surface area contributed by atoms with Crippen LogP contribution in [0.3, 0.4) is 0 Å². The topological polar surface area (TPSA) is 53.0 Å². The molecule has 1 aromatic rings. The highest BCUT2D eigenvalue weighted by Gasteiger charge is 2.36. The van der Waals surface area contributed by atoms with Gasteiger partial charge in [0.25, 0.3) is 5.91 Å². The molecule has 1 N–H and O–H groups in total. The van der Waals surface area contributed by atoms with Gasteiger partial charge in [0, 0.05) is 37.2 Å². The number of likely N-dealkylation sites (N-methyl/N-ethyl adjacent to an activating group) is 1. The third kappa shape index (κ3) is 3.16. The summed E-state index contributed by atoms with van der Waals surface area (Å²) in [5, 5.41) is 9.43. The maximum Gasteiger partial charge on any atom is 0.254 e. The molecule has 1 aliphatic rings. The van der Waals surface area contributed by atoms with E-state index in [2.05, 4.69) is 0 Å². The minimum atomic E-state index is -0.551. The van der Waals surface area contributed by atoms with Crippen molar-refractivity contribution in [2.24, 2.45) is 5.92 Å². The van der Waals surface area contributed by atoms with Crippen LogP contribution < -0.4 is 4.74 Å². The maximum atomic E-state index is 13.7. The normalized spacial score (nSPS) is 21.9. The summed E-state index contributed by atoms with van der Waals surface area (Å²) < 4.78 is 18.6. The molecule has 2 atom stereocenters. The number of likely N-dealkylation sites (tertiary alicyclic amines) is 1. The second-order valence-electron chi connectivity index (χ2n) is 5.53. The van der Waals surface area contributed by atoms with Gasteiger partial charge in [0.05, 0.1) is 7.11 Å². The summed E-state index contributed by atoms with van der Waals surface area (Å²) in [6.07, 6.45) is 0. The zero-order valence-corrected chi connectivity index (χ0v) is 12.5. The molecule has 2 rings (SSSR count). The van der Waals surface area contributed by atoms with E-state index in [0.29, 0.717) is 18.7 Å². The molecule has 1 amide bonds. The molecule has 1 fully saturated rings. The number of carbonyl (C=O) groups excluding carboxylic acids is 1. The van der Waals surface area contributed by atoms with Crippen molar-refractivity contribution in [2.75, 3.05) is 40.9 Å². The Balaban J connectivity index is 2.15. The Kier molecular flexibility index (Phi) is 4.80. The molecule has 1 heterocycles. The zero-order chi connectivity index (χ0) is 15.6. The Hall–Kier alpha value is -1.66. The van der Waals surface area contributed by atoms with E-state index < -0.39 is 5.82 Å². The van der Waals surface area contributed by atoms with Crippen LogP contribution in [-0.4, -0.2) is 67.8 Å². The predicted octanol–water partition coefficient (Wildman–Crippen LogP) is 0.829. The number of methoxy groups -OCH3 is 1. The first kappa shape index (κ1) is 15.7. The van der Waals surface area contributed by atoms with E-state index in [9.17, 15) is 14.3 Å². The van der Waals surface area contributed by atoms with Crippen LogP contribution in [-0.2, 0) is 0 Å². The first-order chi connectivity index (χ1) is 9.97. The van der Waals surface area contributed by atoms with Crippen molar-refractivity contribution < 1.29 is 19.0 Å². The Morgan fingerprint density at radius 1 is 1.48 bits per heavy atom. The lowest BCUT2D eigenvalue weighted by Crippen LogP contribution is -2.37. The highest BCUT2D eigenvalue weighted by Crippen LogP contribution is 2.24. The van der Waals surface area contributed by atoms with E-state index in [1.165, 1.54) is 19.2 Å². The number of ether oxygens (including phenoxy) is 1. The van der Waals surface area contributed by atoms with Crippen molar-refractivity contribution in [2.45, 2.75) is 6.04 Å². The van der Waals surface area contributed by atoms with Gasteiger partial charge in [0.15, 0.2) is 11.6 Å². The largest absolute Gasteiger partial charge is 0.494 e.